The van der Waals surface area contributed by atoms with Gasteiger partial charge in [0.1, 0.15) is 23.6 Å². The molecule has 328 valence electrons. The Balaban J connectivity index is 0.853. The maximum Gasteiger partial charge on any atom is 0.254 e. The molecule has 4 N–H and O–H groups in total. The Kier molecular flexibility index (Phi) is 12.5. The number of fused-ring (bicyclic) bond motifs is 2. The summed E-state index contributed by atoms with van der Waals surface area (Å²) in [6.45, 7) is 7.31. The standard InChI is InChI=1S/C47H47FN10O5S/c1-27-41(64-26-54-27)30-10-7-28(8-11-30)22-51-44(62)39-21-34(59)25-57(39)45(63)42(47(2,3)4)55-40(60)15-17-50-43(61)35-13-12-32(20-36(35)48)38-24-53-46-52-23-33(58(46)56-38)19-29-9-14-37-31(18-29)6-5-16-49-37/h5-14,16,18,20,23-24,26,34,39,42,59H,15,17,19,21-22,25H2,1-4H3,(H,50,61)(H,51,62)(H,55,60)/t34-,39+,42-/m1/s1. The SMILES string of the molecule is Cc1ncsc1-c1ccc(CNC(=O)[C@@H]2C[C@@H](O)CN2C(=O)[C@@H](NC(=O)CCNC(=O)c2ccc(-c3cnc4ncc(Cc5ccc6ncccc6c5)n4n3)cc2F)C(C)(C)C)cc1. The van der Waals surface area contributed by atoms with Crippen molar-refractivity contribution in [3.8, 4) is 21.7 Å². The minimum absolute atomic E-state index is 0.0504. The summed E-state index contributed by atoms with van der Waals surface area (Å²) in [7, 11) is 0. The van der Waals surface area contributed by atoms with E-state index in [0.29, 0.717) is 23.5 Å². The lowest BCUT2D eigenvalue weighted by Gasteiger charge is -2.35. The van der Waals surface area contributed by atoms with Gasteiger partial charge in [-0.25, -0.2) is 23.9 Å². The zero-order valence-corrected chi connectivity index (χ0v) is 36.5. The predicted octanol–water partition coefficient (Wildman–Crippen LogP) is 5.43. The molecule has 0 saturated carbocycles. The van der Waals surface area contributed by atoms with E-state index >= 15 is 4.39 Å². The van der Waals surface area contributed by atoms with E-state index in [1.165, 1.54) is 23.2 Å². The number of β-amino-alcohol motifs (C(OH)–C–C–N with tert-alkyl or cyclic N) is 1. The molecule has 4 amide bonds. The monoisotopic (exact) mass is 882 g/mol. The molecule has 7 aromatic rings. The summed E-state index contributed by atoms with van der Waals surface area (Å²) in [6.07, 6.45) is 4.38. The van der Waals surface area contributed by atoms with Crippen LogP contribution in [-0.4, -0.2) is 94.5 Å². The highest BCUT2D eigenvalue weighted by Gasteiger charge is 2.44. The van der Waals surface area contributed by atoms with Gasteiger partial charge in [0.25, 0.3) is 11.7 Å². The van der Waals surface area contributed by atoms with E-state index in [2.05, 4.69) is 47.1 Å². The topological polar surface area (TPSA) is 197 Å². The summed E-state index contributed by atoms with van der Waals surface area (Å²) >= 11 is 1.56. The Bertz CT molecular complexity index is 2880. The van der Waals surface area contributed by atoms with E-state index in [0.717, 1.165) is 43.9 Å². The molecule has 1 aliphatic heterocycles. The van der Waals surface area contributed by atoms with Crippen LogP contribution in [0.2, 0.25) is 0 Å². The van der Waals surface area contributed by atoms with Crippen molar-refractivity contribution in [1.29, 1.82) is 0 Å². The molecule has 1 aliphatic rings. The van der Waals surface area contributed by atoms with Crippen molar-refractivity contribution in [2.75, 3.05) is 13.1 Å². The molecule has 0 aliphatic carbocycles. The number of hydrogen-bond donors (Lipinski definition) is 4. The van der Waals surface area contributed by atoms with Crippen LogP contribution < -0.4 is 16.0 Å². The van der Waals surface area contributed by atoms with E-state index in [1.54, 1.807) is 60.6 Å². The second-order valence-corrected chi connectivity index (χ2v) is 17.8. The highest BCUT2D eigenvalue weighted by atomic mass is 32.1. The van der Waals surface area contributed by atoms with E-state index in [9.17, 15) is 24.3 Å². The molecule has 4 aromatic heterocycles. The van der Waals surface area contributed by atoms with Crippen LogP contribution in [-0.2, 0) is 27.3 Å². The molecule has 64 heavy (non-hydrogen) atoms. The zero-order chi connectivity index (χ0) is 45.1. The van der Waals surface area contributed by atoms with Gasteiger partial charge in [-0.05, 0) is 59.4 Å². The number of carbonyl (C=O) groups excluding carboxylic acids is 4. The number of carbonyl (C=O) groups is 4. The number of aryl methyl sites for hydroxylation is 1. The smallest absolute Gasteiger partial charge is 0.254 e. The Morgan fingerprint density at radius 2 is 1.69 bits per heavy atom. The van der Waals surface area contributed by atoms with Crippen LogP contribution in [0, 0.1) is 18.2 Å². The van der Waals surface area contributed by atoms with Gasteiger partial charge in [0.05, 0.1) is 51.4 Å². The lowest BCUT2D eigenvalue weighted by Crippen LogP contribution is -2.57. The van der Waals surface area contributed by atoms with Crippen molar-refractivity contribution in [3.05, 3.63) is 131 Å². The van der Waals surface area contributed by atoms with Gasteiger partial charge in [0.2, 0.25) is 17.7 Å². The third kappa shape index (κ3) is 9.65. The molecule has 0 bridgehead atoms. The van der Waals surface area contributed by atoms with Crippen molar-refractivity contribution in [3.63, 3.8) is 0 Å². The summed E-state index contributed by atoms with van der Waals surface area (Å²) in [5.41, 5.74) is 7.11. The second-order valence-electron chi connectivity index (χ2n) is 17.0. The molecular weight excluding hydrogens is 836 g/mol. The Morgan fingerprint density at radius 1 is 0.922 bits per heavy atom. The number of aliphatic hydroxyl groups excluding tert-OH is 1. The number of aliphatic hydroxyl groups is 1. The van der Waals surface area contributed by atoms with Gasteiger partial charge in [-0.3, -0.25) is 24.2 Å². The average molecular weight is 883 g/mol. The van der Waals surface area contributed by atoms with Gasteiger partial charge in [0.15, 0.2) is 0 Å². The molecule has 0 unspecified atom stereocenters. The molecule has 3 aromatic carbocycles. The molecular formula is C47H47FN10O5S. The van der Waals surface area contributed by atoms with Crippen molar-refractivity contribution in [2.45, 2.75) is 71.7 Å². The third-order valence-corrected chi connectivity index (χ3v) is 12.2. The van der Waals surface area contributed by atoms with Crippen molar-refractivity contribution >= 4 is 51.6 Å². The first-order valence-corrected chi connectivity index (χ1v) is 21.8. The fourth-order valence-electron chi connectivity index (χ4n) is 7.77. The fourth-order valence-corrected chi connectivity index (χ4v) is 8.58. The highest BCUT2D eigenvalue weighted by Crippen LogP contribution is 2.29. The van der Waals surface area contributed by atoms with E-state index in [4.69, 9.17) is 0 Å². The second kappa shape index (κ2) is 18.4. The lowest BCUT2D eigenvalue weighted by atomic mass is 9.85. The van der Waals surface area contributed by atoms with Gasteiger partial charge in [-0.15, -0.1) is 11.3 Å². The van der Waals surface area contributed by atoms with E-state index < -0.39 is 53.0 Å². The van der Waals surface area contributed by atoms with Crippen LogP contribution in [0.1, 0.15) is 66.5 Å². The lowest BCUT2D eigenvalue weighted by molar-refractivity contribution is -0.144. The number of imidazole rings is 1. The Morgan fingerprint density at radius 3 is 2.44 bits per heavy atom. The highest BCUT2D eigenvalue weighted by molar-refractivity contribution is 7.13. The van der Waals surface area contributed by atoms with E-state index in [-0.39, 0.29) is 38.0 Å². The van der Waals surface area contributed by atoms with Gasteiger partial charge >= 0.3 is 0 Å². The first kappa shape index (κ1) is 43.7. The number of hydrogen-bond acceptors (Lipinski definition) is 11. The number of pyridine rings is 1. The summed E-state index contributed by atoms with van der Waals surface area (Å²) in [4.78, 5) is 73.7. The first-order chi connectivity index (χ1) is 30.7. The quantitative estimate of drug-likeness (QED) is 0.116. The van der Waals surface area contributed by atoms with Crippen molar-refractivity contribution < 1.29 is 28.7 Å². The van der Waals surface area contributed by atoms with Gasteiger partial charge in [-0.1, -0.05) is 63.2 Å². The van der Waals surface area contributed by atoms with Gasteiger partial charge in [-0.2, -0.15) is 5.10 Å². The van der Waals surface area contributed by atoms with Crippen LogP contribution in [0.3, 0.4) is 0 Å². The van der Waals surface area contributed by atoms with Crippen LogP contribution in [0.25, 0.3) is 38.4 Å². The number of likely N-dealkylation sites (tertiary alicyclic amines) is 1. The number of aromatic nitrogens is 6. The van der Waals surface area contributed by atoms with Crippen LogP contribution in [0.15, 0.2) is 96.9 Å². The maximum absolute atomic E-state index is 15.5. The molecule has 0 spiro atoms. The number of benzene rings is 3. The molecule has 1 fully saturated rings. The minimum atomic E-state index is -1.05. The summed E-state index contributed by atoms with van der Waals surface area (Å²) in [5.74, 6) is -2.59. The first-order valence-electron chi connectivity index (χ1n) is 20.9. The normalized spacial score (nSPS) is 15.6. The maximum atomic E-state index is 15.5. The van der Waals surface area contributed by atoms with Crippen LogP contribution in [0.5, 0.6) is 0 Å². The summed E-state index contributed by atoms with van der Waals surface area (Å²) < 4.78 is 17.1. The number of amides is 4. The minimum Gasteiger partial charge on any atom is -0.391 e. The number of nitrogens with zero attached hydrogens (tertiary/aromatic N) is 7. The van der Waals surface area contributed by atoms with Gasteiger partial charge in [0, 0.05) is 56.0 Å². The van der Waals surface area contributed by atoms with Crippen LogP contribution in [0.4, 0.5) is 4.39 Å². The number of halogens is 1. The van der Waals surface area contributed by atoms with Crippen molar-refractivity contribution in [1.82, 2.24) is 50.4 Å². The zero-order valence-electron chi connectivity index (χ0n) is 35.7. The Labute approximate surface area is 372 Å². The third-order valence-electron chi connectivity index (χ3n) is 11.2. The summed E-state index contributed by atoms with van der Waals surface area (Å²) in [5, 5.41) is 24.5. The molecule has 15 nitrogen and oxygen atoms in total. The largest absolute Gasteiger partial charge is 0.391 e. The summed E-state index contributed by atoms with van der Waals surface area (Å²) in [6, 6.07) is 19.8. The van der Waals surface area contributed by atoms with E-state index in [1.807, 2.05) is 55.5 Å². The average Bonchev–Trinajstić information content (AvgIpc) is 4.01. The van der Waals surface area contributed by atoms with Crippen LogP contribution >= 0.6 is 11.3 Å². The molecule has 0 radical (unpaired) electrons. The number of rotatable bonds is 13. The predicted molar refractivity (Wildman–Crippen MR) is 239 cm³/mol. The fraction of sp³-hybridized carbons (Fsp3) is 0.298. The Hall–Kier alpha value is -6.98. The van der Waals surface area contributed by atoms with Crippen molar-refractivity contribution in [2.24, 2.45) is 5.41 Å². The molecule has 5 heterocycles. The number of nitrogens with one attached hydrogen (secondary N) is 3. The molecule has 17 heteroatoms. The molecule has 3 atom stereocenters. The molecule has 1 saturated heterocycles. The molecule has 8 rings (SSSR count). The van der Waals surface area contributed by atoms with Gasteiger partial charge < -0.3 is 26.0 Å². The number of thiazole rings is 1.